The number of rotatable bonds is 5. The fraction of sp³-hybridized carbons (Fsp3) is 0.250. The van der Waals surface area contributed by atoms with E-state index >= 15 is 0 Å². The third-order valence-electron chi connectivity index (χ3n) is 2.56. The van der Waals surface area contributed by atoms with Gasteiger partial charge in [0.1, 0.15) is 5.01 Å². The molecule has 19 heavy (non-hydrogen) atoms. The molecule has 102 valence electrons. The Morgan fingerprint density at radius 3 is 2.84 bits per heavy atom. The van der Waals surface area contributed by atoms with Gasteiger partial charge >= 0.3 is 0 Å². The Morgan fingerprint density at radius 1 is 1.47 bits per heavy atom. The average Bonchev–Trinajstić information content (AvgIpc) is 2.90. The van der Waals surface area contributed by atoms with E-state index in [-0.39, 0.29) is 10.9 Å². The standard InChI is InChI=1S/C12H13BrN2O2S2/c1-2-11(12-14-6-7-18-12)15-19(16,17)10-5-3-4-9(13)8-10/h3-8,11,15H,2H2,1H3. The van der Waals surface area contributed by atoms with Crippen LogP contribution in [0, 0.1) is 0 Å². The number of halogens is 1. The van der Waals surface area contributed by atoms with Gasteiger partial charge < -0.3 is 0 Å². The van der Waals surface area contributed by atoms with E-state index in [2.05, 4.69) is 25.6 Å². The zero-order valence-electron chi connectivity index (χ0n) is 10.2. The van der Waals surface area contributed by atoms with Crippen molar-refractivity contribution in [1.29, 1.82) is 0 Å². The fourth-order valence-electron chi connectivity index (χ4n) is 1.60. The summed E-state index contributed by atoms with van der Waals surface area (Å²) in [6, 6.07) is 6.35. The van der Waals surface area contributed by atoms with Gasteiger partial charge in [-0.2, -0.15) is 0 Å². The van der Waals surface area contributed by atoms with Crippen molar-refractivity contribution in [2.45, 2.75) is 24.3 Å². The molecular formula is C12H13BrN2O2S2. The molecule has 2 aromatic rings. The Kier molecular flexibility index (Phi) is 4.72. The summed E-state index contributed by atoms with van der Waals surface area (Å²) < 4.78 is 28.0. The fourth-order valence-corrected chi connectivity index (χ4v) is 4.33. The van der Waals surface area contributed by atoms with Crippen molar-refractivity contribution in [1.82, 2.24) is 9.71 Å². The van der Waals surface area contributed by atoms with Gasteiger partial charge in [-0.05, 0) is 24.6 Å². The molecule has 1 atom stereocenters. The minimum Gasteiger partial charge on any atom is -0.248 e. The highest BCUT2D eigenvalue weighted by Crippen LogP contribution is 2.23. The summed E-state index contributed by atoms with van der Waals surface area (Å²) in [5.41, 5.74) is 0. The average molecular weight is 361 g/mol. The Hall–Kier alpha value is -0.760. The molecule has 1 aromatic carbocycles. The number of benzene rings is 1. The molecule has 0 radical (unpaired) electrons. The zero-order valence-corrected chi connectivity index (χ0v) is 13.4. The van der Waals surface area contributed by atoms with Gasteiger partial charge in [0.15, 0.2) is 0 Å². The highest BCUT2D eigenvalue weighted by Gasteiger charge is 2.21. The first-order chi connectivity index (χ1) is 9.03. The maximum atomic E-state index is 12.3. The second-order valence-corrected chi connectivity index (χ2v) is 7.47. The van der Waals surface area contributed by atoms with Gasteiger partial charge in [0.2, 0.25) is 10.0 Å². The van der Waals surface area contributed by atoms with Crippen molar-refractivity contribution in [3.63, 3.8) is 0 Å². The van der Waals surface area contributed by atoms with Crippen LogP contribution >= 0.6 is 27.3 Å². The molecule has 0 aliphatic rings. The first-order valence-corrected chi connectivity index (χ1v) is 8.86. The number of hydrogen-bond donors (Lipinski definition) is 1. The van der Waals surface area contributed by atoms with Crippen LogP contribution in [0.25, 0.3) is 0 Å². The maximum absolute atomic E-state index is 12.3. The molecule has 0 fully saturated rings. The van der Waals surface area contributed by atoms with Crippen LogP contribution in [0.15, 0.2) is 45.2 Å². The van der Waals surface area contributed by atoms with E-state index in [1.165, 1.54) is 11.3 Å². The first-order valence-electron chi connectivity index (χ1n) is 5.70. The van der Waals surface area contributed by atoms with Gasteiger partial charge in [0, 0.05) is 16.0 Å². The summed E-state index contributed by atoms with van der Waals surface area (Å²) in [5, 5.41) is 2.62. The van der Waals surface area contributed by atoms with Crippen molar-refractivity contribution < 1.29 is 8.42 Å². The van der Waals surface area contributed by atoms with E-state index in [1.807, 2.05) is 12.3 Å². The van der Waals surface area contributed by atoms with Crippen molar-refractivity contribution in [2.75, 3.05) is 0 Å². The first kappa shape index (κ1) is 14.6. The van der Waals surface area contributed by atoms with Crippen LogP contribution in [0.1, 0.15) is 24.4 Å². The quantitative estimate of drug-likeness (QED) is 0.889. The van der Waals surface area contributed by atoms with Crippen molar-refractivity contribution in [2.24, 2.45) is 0 Å². The minimum absolute atomic E-state index is 0.247. The monoisotopic (exact) mass is 360 g/mol. The van der Waals surface area contributed by atoms with Gasteiger partial charge in [0.25, 0.3) is 0 Å². The molecular weight excluding hydrogens is 348 g/mol. The molecule has 0 aliphatic carbocycles. The van der Waals surface area contributed by atoms with Crippen LogP contribution in [-0.2, 0) is 10.0 Å². The van der Waals surface area contributed by atoms with Gasteiger partial charge in [0.05, 0.1) is 10.9 Å². The second-order valence-electron chi connectivity index (χ2n) is 3.91. The highest BCUT2D eigenvalue weighted by atomic mass is 79.9. The summed E-state index contributed by atoms with van der Waals surface area (Å²) in [7, 11) is -3.53. The lowest BCUT2D eigenvalue weighted by atomic mass is 10.3. The highest BCUT2D eigenvalue weighted by molar-refractivity contribution is 9.10. The van der Waals surface area contributed by atoms with Crippen LogP contribution in [0.2, 0.25) is 0 Å². The smallest absolute Gasteiger partial charge is 0.241 e. The van der Waals surface area contributed by atoms with Crippen molar-refractivity contribution >= 4 is 37.3 Å². The van der Waals surface area contributed by atoms with E-state index in [4.69, 9.17) is 0 Å². The molecule has 1 N–H and O–H groups in total. The van der Waals surface area contributed by atoms with Crippen LogP contribution < -0.4 is 4.72 Å². The van der Waals surface area contributed by atoms with Gasteiger partial charge in [-0.1, -0.05) is 28.9 Å². The lowest BCUT2D eigenvalue weighted by Gasteiger charge is -2.14. The Bertz CT molecular complexity index is 642. The molecule has 0 saturated carbocycles. The number of sulfonamides is 1. The van der Waals surface area contributed by atoms with Gasteiger partial charge in [-0.3, -0.25) is 0 Å². The molecule has 2 rings (SSSR count). The van der Waals surface area contributed by atoms with E-state index < -0.39 is 10.0 Å². The molecule has 1 heterocycles. The van der Waals surface area contributed by atoms with Crippen LogP contribution in [0.3, 0.4) is 0 Å². The molecule has 4 nitrogen and oxygen atoms in total. The zero-order chi connectivity index (χ0) is 13.9. The lowest BCUT2D eigenvalue weighted by Crippen LogP contribution is -2.28. The Labute approximate surface area is 125 Å². The third kappa shape index (κ3) is 3.62. The normalized spacial score (nSPS) is 13.4. The van der Waals surface area contributed by atoms with Gasteiger partial charge in [-0.15, -0.1) is 11.3 Å². The predicted octanol–water partition coefficient (Wildman–Crippen LogP) is 3.34. The van der Waals surface area contributed by atoms with E-state index in [0.717, 1.165) is 9.48 Å². The van der Waals surface area contributed by atoms with Gasteiger partial charge in [-0.25, -0.2) is 18.1 Å². The van der Waals surface area contributed by atoms with E-state index in [9.17, 15) is 8.42 Å². The summed E-state index contributed by atoms with van der Waals surface area (Å²) >= 11 is 4.72. The van der Waals surface area contributed by atoms with Crippen LogP contribution in [-0.4, -0.2) is 13.4 Å². The topological polar surface area (TPSA) is 59.1 Å². The molecule has 0 bridgehead atoms. The van der Waals surface area contributed by atoms with E-state index in [1.54, 1.807) is 30.5 Å². The van der Waals surface area contributed by atoms with Crippen LogP contribution in [0.5, 0.6) is 0 Å². The largest absolute Gasteiger partial charge is 0.248 e. The molecule has 0 amide bonds. The lowest BCUT2D eigenvalue weighted by molar-refractivity contribution is 0.549. The summed E-state index contributed by atoms with van der Waals surface area (Å²) in [6.07, 6.45) is 2.33. The molecule has 1 aromatic heterocycles. The number of aromatic nitrogens is 1. The third-order valence-corrected chi connectivity index (χ3v) is 5.41. The number of nitrogens with one attached hydrogen (secondary N) is 1. The summed E-state index contributed by atoms with van der Waals surface area (Å²) in [6.45, 7) is 1.93. The van der Waals surface area contributed by atoms with Crippen LogP contribution in [0.4, 0.5) is 0 Å². The maximum Gasteiger partial charge on any atom is 0.241 e. The van der Waals surface area contributed by atoms with Crippen molar-refractivity contribution in [3.8, 4) is 0 Å². The second kappa shape index (κ2) is 6.13. The molecule has 1 unspecified atom stereocenters. The van der Waals surface area contributed by atoms with Crippen molar-refractivity contribution in [3.05, 3.63) is 45.3 Å². The Balaban J connectivity index is 2.26. The number of hydrogen-bond acceptors (Lipinski definition) is 4. The molecule has 0 saturated heterocycles. The number of nitrogens with zero attached hydrogens (tertiary/aromatic N) is 1. The van der Waals surface area contributed by atoms with E-state index in [0.29, 0.717) is 6.42 Å². The molecule has 0 aliphatic heterocycles. The Morgan fingerprint density at radius 2 is 2.26 bits per heavy atom. The number of thiazole rings is 1. The SMILES string of the molecule is CCC(NS(=O)(=O)c1cccc(Br)c1)c1nccs1. The minimum atomic E-state index is -3.53. The summed E-state index contributed by atoms with van der Waals surface area (Å²) in [5.74, 6) is 0. The predicted molar refractivity (Wildman–Crippen MR) is 79.6 cm³/mol. The molecule has 7 heteroatoms. The summed E-state index contributed by atoms with van der Waals surface area (Å²) in [4.78, 5) is 4.41. The molecule has 0 spiro atoms.